The summed E-state index contributed by atoms with van der Waals surface area (Å²) >= 11 is 0. The van der Waals surface area contributed by atoms with E-state index < -0.39 is 23.6 Å². The number of likely N-dealkylation sites (N-methyl/N-ethyl adjacent to an activating group) is 1. The lowest BCUT2D eigenvalue weighted by atomic mass is 9.94. The summed E-state index contributed by atoms with van der Waals surface area (Å²) in [6.07, 6.45) is 4.45. The lowest BCUT2D eigenvalue weighted by Gasteiger charge is -2.35. The molecule has 11 nitrogen and oxygen atoms in total. The molecule has 0 radical (unpaired) electrons. The lowest BCUT2D eigenvalue weighted by molar-refractivity contribution is -0.137. The van der Waals surface area contributed by atoms with E-state index in [1.54, 1.807) is 49.2 Å². The van der Waals surface area contributed by atoms with E-state index in [0.29, 0.717) is 55.1 Å². The van der Waals surface area contributed by atoms with Gasteiger partial charge in [0.1, 0.15) is 30.0 Å². The highest BCUT2D eigenvalue weighted by Gasteiger charge is 2.32. The van der Waals surface area contributed by atoms with Gasteiger partial charge >= 0.3 is 6.03 Å². The molecule has 2 aliphatic heterocycles. The molecule has 3 aromatic rings. The maximum Gasteiger partial charge on any atom is 0.342 e. The van der Waals surface area contributed by atoms with Crippen molar-refractivity contribution in [2.75, 3.05) is 38.3 Å². The highest BCUT2D eigenvalue weighted by molar-refractivity contribution is 6.00. The van der Waals surface area contributed by atoms with Crippen LogP contribution in [0.2, 0.25) is 0 Å². The lowest BCUT2D eigenvalue weighted by Crippen LogP contribution is -2.50. The van der Waals surface area contributed by atoms with Crippen molar-refractivity contribution in [3.8, 4) is 11.5 Å². The van der Waals surface area contributed by atoms with Crippen LogP contribution in [0.1, 0.15) is 30.9 Å². The number of carbonyl (C=O) groups is 3. The third-order valence-electron chi connectivity index (χ3n) is 7.32. The summed E-state index contributed by atoms with van der Waals surface area (Å²) in [6, 6.07) is 9.48. The number of amides is 3. The molecule has 216 valence electrons. The van der Waals surface area contributed by atoms with Crippen LogP contribution in [0.15, 0.2) is 54.9 Å². The Bertz CT molecular complexity index is 1450. The van der Waals surface area contributed by atoms with E-state index in [4.69, 9.17) is 9.47 Å². The molecule has 3 amide bonds. The first-order valence-corrected chi connectivity index (χ1v) is 13.3. The normalized spacial score (nSPS) is 18.2. The molecule has 2 aromatic carbocycles. The Morgan fingerprint density at radius 1 is 1.20 bits per heavy atom. The number of aliphatic hydroxyl groups is 1. The van der Waals surface area contributed by atoms with Crippen molar-refractivity contribution in [2.24, 2.45) is 0 Å². The molecule has 0 saturated carbocycles. The van der Waals surface area contributed by atoms with Gasteiger partial charge in [-0.3, -0.25) is 9.59 Å². The van der Waals surface area contributed by atoms with Crippen molar-refractivity contribution in [3.63, 3.8) is 0 Å². The zero-order chi connectivity index (χ0) is 29.1. The predicted molar refractivity (Wildman–Crippen MR) is 146 cm³/mol. The van der Waals surface area contributed by atoms with Crippen LogP contribution >= 0.6 is 0 Å². The van der Waals surface area contributed by atoms with Crippen LogP contribution in [0.25, 0.3) is 0 Å². The van der Waals surface area contributed by atoms with E-state index in [1.807, 2.05) is 0 Å². The van der Waals surface area contributed by atoms with Crippen molar-refractivity contribution in [2.45, 2.75) is 37.8 Å². The van der Waals surface area contributed by atoms with E-state index in [-0.39, 0.29) is 24.9 Å². The molecule has 12 heteroatoms. The number of nitrogens with zero attached hydrogens (tertiary/aromatic N) is 4. The summed E-state index contributed by atoms with van der Waals surface area (Å²) in [5, 5.41) is 16.8. The van der Waals surface area contributed by atoms with Gasteiger partial charge in [-0.1, -0.05) is 12.1 Å². The Morgan fingerprint density at radius 2 is 1.98 bits per heavy atom. The smallest absolute Gasteiger partial charge is 0.342 e. The predicted octanol–water partition coefficient (Wildman–Crippen LogP) is 2.35. The molecule has 2 N–H and O–H groups in total. The van der Waals surface area contributed by atoms with Crippen LogP contribution in [0, 0.1) is 5.82 Å². The number of halogens is 1. The van der Waals surface area contributed by atoms with Gasteiger partial charge in [-0.25, -0.2) is 9.18 Å². The maximum atomic E-state index is 13.5. The first-order chi connectivity index (χ1) is 19.6. The van der Waals surface area contributed by atoms with E-state index >= 15 is 0 Å². The van der Waals surface area contributed by atoms with Crippen LogP contribution in [0.5, 0.6) is 11.5 Å². The van der Waals surface area contributed by atoms with Gasteiger partial charge in [0.25, 0.3) is 11.8 Å². The second-order valence-electron chi connectivity index (χ2n) is 10.6. The third kappa shape index (κ3) is 6.65. The van der Waals surface area contributed by atoms with Crippen molar-refractivity contribution in [3.05, 3.63) is 71.8 Å². The highest BCUT2D eigenvalue weighted by atomic mass is 19.1. The number of fused-ring (bicyclic) bond motifs is 1. The average Bonchev–Trinajstić information content (AvgIpc) is 3.38. The maximum absolute atomic E-state index is 13.5. The highest BCUT2D eigenvalue weighted by Crippen LogP contribution is 2.34. The van der Waals surface area contributed by atoms with E-state index in [2.05, 4.69) is 10.4 Å². The second-order valence-corrected chi connectivity index (χ2v) is 10.6. The standard InChI is InChI=1S/C29H32FN5O6/c1-29(39)8-10-34(11-9-29)26(36)18-40-22-6-7-25-24(14-22)33(2)27(37)23(17-41-25)32-28(38)35-16-20(15-31-35)12-19-4-3-5-21(30)13-19/h3-7,13-16,23,39H,8-12,17-18H2,1-2H3,(H,32,38)/t23-/m0/s1. The second kappa shape index (κ2) is 11.6. The monoisotopic (exact) mass is 565 g/mol. The third-order valence-corrected chi connectivity index (χ3v) is 7.32. The Labute approximate surface area is 236 Å². The molecule has 41 heavy (non-hydrogen) atoms. The zero-order valence-electron chi connectivity index (χ0n) is 22.9. The molecule has 1 fully saturated rings. The quantitative estimate of drug-likeness (QED) is 0.470. The van der Waals surface area contributed by atoms with Crippen LogP contribution in [0.3, 0.4) is 0 Å². The summed E-state index contributed by atoms with van der Waals surface area (Å²) < 4.78 is 26.1. The minimum Gasteiger partial charge on any atom is -0.489 e. The number of piperidine rings is 1. The number of carbonyl (C=O) groups excluding carboxylic acids is 3. The summed E-state index contributed by atoms with van der Waals surface area (Å²) in [5.41, 5.74) is 1.12. The number of nitrogens with one attached hydrogen (secondary N) is 1. The molecule has 1 saturated heterocycles. The molecule has 1 aromatic heterocycles. The Balaban J connectivity index is 1.18. The number of likely N-dealkylation sites (tertiary alicyclic amines) is 1. The fraction of sp³-hybridized carbons (Fsp3) is 0.379. The Hall–Kier alpha value is -4.45. The van der Waals surface area contributed by atoms with Crippen molar-refractivity contribution in [1.82, 2.24) is 20.0 Å². The first kappa shape index (κ1) is 28.1. The van der Waals surface area contributed by atoms with Gasteiger partial charge in [0.15, 0.2) is 6.61 Å². The van der Waals surface area contributed by atoms with Crippen molar-refractivity contribution < 1.29 is 33.4 Å². The molecule has 0 bridgehead atoms. The van der Waals surface area contributed by atoms with Gasteiger partial charge in [-0.2, -0.15) is 9.78 Å². The van der Waals surface area contributed by atoms with Gasteiger partial charge in [-0.05, 0) is 55.2 Å². The van der Waals surface area contributed by atoms with Crippen molar-refractivity contribution >= 4 is 23.5 Å². The molecular formula is C29H32FN5O6. The van der Waals surface area contributed by atoms with Gasteiger partial charge in [-0.15, -0.1) is 0 Å². The minimum atomic E-state index is -0.988. The number of rotatable bonds is 6. The summed E-state index contributed by atoms with van der Waals surface area (Å²) in [6.45, 7) is 2.41. The summed E-state index contributed by atoms with van der Waals surface area (Å²) in [5.74, 6) is -0.125. The number of aromatic nitrogens is 2. The number of hydrogen-bond acceptors (Lipinski definition) is 7. The van der Waals surface area contributed by atoms with E-state index in [1.165, 1.54) is 29.4 Å². The van der Waals surface area contributed by atoms with E-state index in [0.717, 1.165) is 10.2 Å². The minimum absolute atomic E-state index is 0.100. The SMILES string of the molecule is CN1C(=O)[C@@H](NC(=O)n2cc(Cc3cccc(F)c3)cn2)COc2ccc(OCC(=O)N3CCC(C)(O)CC3)cc21. The number of hydrogen-bond donors (Lipinski definition) is 2. The summed E-state index contributed by atoms with van der Waals surface area (Å²) in [7, 11) is 1.56. The number of benzene rings is 2. The largest absolute Gasteiger partial charge is 0.489 e. The number of anilines is 1. The first-order valence-electron chi connectivity index (χ1n) is 13.3. The van der Waals surface area contributed by atoms with Crippen LogP contribution in [-0.4, -0.2) is 82.6 Å². The molecule has 2 aliphatic rings. The van der Waals surface area contributed by atoms with Crippen LogP contribution < -0.4 is 19.7 Å². The topological polar surface area (TPSA) is 126 Å². The number of ether oxygens (including phenoxy) is 2. The van der Waals surface area contributed by atoms with Gasteiger partial charge in [0.2, 0.25) is 0 Å². The Morgan fingerprint density at radius 3 is 2.73 bits per heavy atom. The molecule has 0 unspecified atom stereocenters. The molecular weight excluding hydrogens is 533 g/mol. The average molecular weight is 566 g/mol. The van der Waals surface area contributed by atoms with Gasteiger partial charge in [0.05, 0.1) is 17.5 Å². The molecule has 3 heterocycles. The molecule has 1 atom stereocenters. The van der Waals surface area contributed by atoms with Crippen LogP contribution in [0.4, 0.5) is 14.9 Å². The van der Waals surface area contributed by atoms with Crippen molar-refractivity contribution in [1.29, 1.82) is 0 Å². The fourth-order valence-corrected chi connectivity index (χ4v) is 4.81. The van der Waals surface area contributed by atoms with Gasteiger partial charge < -0.3 is 29.7 Å². The fourth-order valence-electron chi connectivity index (χ4n) is 4.81. The molecule has 0 spiro atoms. The Kier molecular flexibility index (Phi) is 7.93. The van der Waals surface area contributed by atoms with E-state index in [9.17, 15) is 23.9 Å². The molecule has 5 rings (SSSR count). The van der Waals surface area contributed by atoms with Gasteiger partial charge in [0, 0.05) is 38.8 Å². The molecule has 0 aliphatic carbocycles. The zero-order valence-corrected chi connectivity index (χ0v) is 22.9. The summed E-state index contributed by atoms with van der Waals surface area (Å²) in [4.78, 5) is 41.7. The van der Waals surface area contributed by atoms with Crippen LogP contribution in [-0.2, 0) is 16.0 Å².